The maximum atomic E-state index is 12.0. The van der Waals surface area contributed by atoms with Gasteiger partial charge in [0.15, 0.2) is 0 Å². The van der Waals surface area contributed by atoms with Gasteiger partial charge in [0.05, 0.1) is 0 Å². The second-order valence-corrected chi connectivity index (χ2v) is 4.83. The van der Waals surface area contributed by atoms with Crippen molar-refractivity contribution in [2.45, 2.75) is 51.9 Å². The number of nitrogens with two attached hydrogens (primary N) is 1. The van der Waals surface area contributed by atoms with Crippen LogP contribution in [0.1, 0.15) is 51.9 Å². The van der Waals surface area contributed by atoms with E-state index in [1.807, 2.05) is 6.92 Å². The van der Waals surface area contributed by atoms with Gasteiger partial charge < -0.3 is 11.1 Å². The number of hydrogen-bond acceptors (Lipinski definition) is 2. The van der Waals surface area contributed by atoms with E-state index in [1.54, 1.807) is 0 Å². The van der Waals surface area contributed by atoms with Gasteiger partial charge in [-0.25, -0.2) is 0 Å². The summed E-state index contributed by atoms with van der Waals surface area (Å²) >= 11 is 0. The molecule has 3 heteroatoms. The average molecular weight is 226 g/mol. The smallest absolute Gasteiger partial charge is 0.223 e. The first-order valence-electron chi connectivity index (χ1n) is 6.77. The Bertz CT molecular complexity index is 200. The second-order valence-electron chi connectivity index (χ2n) is 4.83. The summed E-state index contributed by atoms with van der Waals surface area (Å²) in [5, 5.41) is 2.97. The highest BCUT2D eigenvalue weighted by Crippen LogP contribution is 2.32. The van der Waals surface area contributed by atoms with Crippen molar-refractivity contribution in [1.82, 2.24) is 5.32 Å². The van der Waals surface area contributed by atoms with Crippen molar-refractivity contribution < 1.29 is 4.79 Å². The minimum Gasteiger partial charge on any atom is -0.356 e. The van der Waals surface area contributed by atoms with Gasteiger partial charge in [0.1, 0.15) is 0 Å². The predicted octanol–water partition coefficient (Wildman–Crippen LogP) is 2.06. The van der Waals surface area contributed by atoms with Crippen molar-refractivity contribution in [1.29, 1.82) is 0 Å². The summed E-state index contributed by atoms with van der Waals surface area (Å²) in [6.45, 7) is 3.42. The molecule has 1 fully saturated rings. The fourth-order valence-electron chi connectivity index (χ4n) is 2.76. The zero-order valence-corrected chi connectivity index (χ0v) is 10.5. The molecule has 1 rings (SSSR count). The Balaban J connectivity index is 2.50. The Labute approximate surface area is 99.2 Å². The van der Waals surface area contributed by atoms with Crippen LogP contribution in [0.2, 0.25) is 0 Å². The third kappa shape index (κ3) is 4.12. The molecule has 0 saturated heterocycles. The topological polar surface area (TPSA) is 55.1 Å². The third-order valence-electron chi connectivity index (χ3n) is 3.63. The Morgan fingerprint density at radius 1 is 1.38 bits per heavy atom. The van der Waals surface area contributed by atoms with Crippen molar-refractivity contribution in [2.75, 3.05) is 13.1 Å². The first-order valence-corrected chi connectivity index (χ1v) is 6.77. The molecule has 3 N–H and O–H groups in total. The van der Waals surface area contributed by atoms with Crippen LogP contribution in [0.25, 0.3) is 0 Å². The van der Waals surface area contributed by atoms with Gasteiger partial charge in [-0.05, 0) is 45.1 Å². The maximum absolute atomic E-state index is 12.0. The van der Waals surface area contributed by atoms with Crippen molar-refractivity contribution in [2.24, 2.45) is 17.6 Å². The monoisotopic (exact) mass is 226 g/mol. The van der Waals surface area contributed by atoms with Crippen LogP contribution in [-0.4, -0.2) is 19.0 Å². The highest BCUT2D eigenvalue weighted by atomic mass is 16.1. The first kappa shape index (κ1) is 13.5. The normalized spacial score (nSPS) is 19.4. The quantitative estimate of drug-likeness (QED) is 0.728. The first-order chi connectivity index (χ1) is 7.79. The zero-order valence-electron chi connectivity index (χ0n) is 10.5. The second kappa shape index (κ2) is 7.66. The molecule has 0 aromatic carbocycles. The Morgan fingerprint density at radius 3 is 2.62 bits per heavy atom. The van der Waals surface area contributed by atoms with E-state index in [0.717, 1.165) is 19.4 Å². The van der Waals surface area contributed by atoms with Gasteiger partial charge in [-0.3, -0.25) is 4.79 Å². The number of amides is 1. The zero-order chi connectivity index (χ0) is 11.8. The summed E-state index contributed by atoms with van der Waals surface area (Å²) in [5.74, 6) is 1.07. The summed E-state index contributed by atoms with van der Waals surface area (Å²) in [6.07, 6.45) is 8.33. The van der Waals surface area contributed by atoms with E-state index in [9.17, 15) is 4.79 Å². The van der Waals surface area contributed by atoms with Gasteiger partial charge in [0.25, 0.3) is 0 Å². The molecule has 3 nitrogen and oxygen atoms in total. The van der Waals surface area contributed by atoms with Crippen LogP contribution < -0.4 is 11.1 Å². The molecule has 1 saturated carbocycles. The predicted molar refractivity (Wildman–Crippen MR) is 67.0 cm³/mol. The van der Waals surface area contributed by atoms with Crippen molar-refractivity contribution >= 4 is 5.91 Å². The van der Waals surface area contributed by atoms with Gasteiger partial charge in [-0.2, -0.15) is 0 Å². The van der Waals surface area contributed by atoms with Gasteiger partial charge in [-0.1, -0.05) is 19.3 Å². The Hall–Kier alpha value is -0.570. The molecule has 1 aliphatic rings. The molecular formula is C13H26N2O. The van der Waals surface area contributed by atoms with Crippen molar-refractivity contribution in [3.8, 4) is 0 Å². The van der Waals surface area contributed by atoms with E-state index in [1.165, 1.54) is 32.1 Å². The molecular weight excluding hydrogens is 200 g/mol. The molecule has 0 aromatic heterocycles. The van der Waals surface area contributed by atoms with Gasteiger partial charge >= 0.3 is 0 Å². The molecule has 1 atom stereocenters. The summed E-state index contributed by atoms with van der Waals surface area (Å²) in [7, 11) is 0. The van der Waals surface area contributed by atoms with Crippen LogP contribution in [-0.2, 0) is 4.79 Å². The lowest BCUT2D eigenvalue weighted by atomic mass is 9.77. The van der Waals surface area contributed by atoms with E-state index in [-0.39, 0.29) is 11.8 Å². The van der Waals surface area contributed by atoms with Crippen LogP contribution in [0, 0.1) is 11.8 Å². The minimum absolute atomic E-state index is 0.212. The molecule has 0 aromatic rings. The summed E-state index contributed by atoms with van der Waals surface area (Å²) < 4.78 is 0. The van der Waals surface area contributed by atoms with E-state index in [4.69, 9.17) is 5.73 Å². The number of hydrogen-bond donors (Lipinski definition) is 2. The molecule has 1 unspecified atom stereocenters. The summed E-state index contributed by atoms with van der Waals surface area (Å²) in [6, 6.07) is 0. The van der Waals surface area contributed by atoms with E-state index >= 15 is 0 Å². The van der Waals surface area contributed by atoms with Gasteiger partial charge in [0.2, 0.25) is 5.91 Å². The molecule has 0 heterocycles. The summed E-state index contributed by atoms with van der Waals surface area (Å²) in [4.78, 5) is 12.0. The number of carbonyl (C=O) groups excluding carboxylic acids is 1. The SMILES string of the molecule is CCNC(=O)C(CCCN)C1CCCCC1. The molecule has 94 valence electrons. The largest absolute Gasteiger partial charge is 0.356 e. The van der Waals surface area contributed by atoms with Crippen LogP contribution in [0.3, 0.4) is 0 Å². The van der Waals surface area contributed by atoms with Crippen LogP contribution in [0.5, 0.6) is 0 Å². The lowest BCUT2D eigenvalue weighted by Crippen LogP contribution is -2.36. The maximum Gasteiger partial charge on any atom is 0.223 e. The average Bonchev–Trinajstić information content (AvgIpc) is 2.31. The van der Waals surface area contributed by atoms with E-state index < -0.39 is 0 Å². The van der Waals surface area contributed by atoms with Crippen LogP contribution in [0.15, 0.2) is 0 Å². The molecule has 16 heavy (non-hydrogen) atoms. The number of rotatable bonds is 6. The molecule has 0 radical (unpaired) electrons. The number of carbonyl (C=O) groups is 1. The molecule has 0 bridgehead atoms. The van der Waals surface area contributed by atoms with Crippen LogP contribution >= 0.6 is 0 Å². The highest BCUT2D eigenvalue weighted by molar-refractivity contribution is 5.78. The van der Waals surface area contributed by atoms with Crippen molar-refractivity contribution in [3.05, 3.63) is 0 Å². The summed E-state index contributed by atoms with van der Waals surface area (Å²) in [5.41, 5.74) is 5.55. The fraction of sp³-hybridized carbons (Fsp3) is 0.923. The highest BCUT2D eigenvalue weighted by Gasteiger charge is 2.28. The molecule has 0 spiro atoms. The van der Waals surface area contributed by atoms with E-state index in [2.05, 4.69) is 5.32 Å². The molecule has 0 aliphatic heterocycles. The standard InChI is InChI=1S/C13H26N2O/c1-2-15-13(16)12(9-6-10-14)11-7-4-3-5-8-11/h11-12H,2-10,14H2,1H3,(H,15,16). The lowest BCUT2D eigenvalue weighted by molar-refractivity contribution is -0.127. The van der Waals surface area contributed by atoms with Crippen molar-refractivity contribution in [3.63, 3.8) is 0 Å². The van der Waals surface area contributed by atoms with Gasteiger partial charge in [0, 0.05) is 12.5 Å². The third-order valence-corrected chi connectivity index (χ3v) is 3.63. The lowest BCUT2D eigenvalue weighted by Gasteiger charge is -2.29. The fourth-order valence-corrected chi connectivity index (χ4v) is 2.76. The Morgan fingerprint density at radius 2 is 2.06 bits per heavy atom. The van der Waals surface area contributed by atoms with Gasteiger partial charge in [-0.15, -0.1) is 0 Å². The van der Waals surface area contributed by atoms with Crippen LogP contribution in [0.4, 0.5) is 0 Å². The Kier molecular flexibility index (Phi) is 6.46. The minimum atomic E-state index is 0.212. The molecule has 1 amide bonds. The van der Waals surface area contributed by atoms with E-state index in [0.29, 0.717) is 12.5 Å². The molecule has 1 aliphatic carbocycles. The number of nitrogens with one attached hydrogen (secondary N) is 1.